The molecule has 0 aliphatic carbocycles. The molecule has 0 spiro atoms. The number of carbonyl (C=O) groups excluding carboxylic acids is 1. The second-order valence-corrected chi connectivity index (χ2v) is 5.39. The maximum Gasteiger partial charge on any atom is 0.242 e. The van der Waals surface area contributed by atoms with Gasteiger partial charge in [-0.3, -0.25) is 4.79 Å². The van der Waals surface area contributed by atoms with E-state index in [4.69, 9.17) is 4.74 Å². The number of hydrogen-bond acceptors (Lipinski definition) is 3. The highest BCUT2D eigenvalue weighted by atomic mass is 16.5. The van der Waals surface area contributed by atoms with Crippen LogP contribution in [0.1, 0.15) is 41.0 Å². The summed E-state index contributed by atoms with van der Waals surface area (Å²) in [5.41, 5.74) is 0.886. The van der Waals surface area contributed by atoms with Crippen molar-refractivity contribution in [3.05, 3.63) is 24.3 Å². The lowest BCUT2D eigenvalue weighted by Gasteiger charge is -2.18. The maximum atomic E-state index is 11.9. The van der Waals surface area contributed by atoms with E-state index in [1.165, 1.54) is 0 Å². The van der Waals surface area contributed by atoms with Crippen LogP contribution in [0.2, 0.25) is 0 Å². The summed E-state index contributed by atoms with van der Waals surface area (Å²) >= 11 is 0. The lowest BCUT2D eigenvalue weighted by molar-refractivity contribution is -0.122. The minimum atomic E-state index is -0.281. The fraction of sp³-hybridized carbons (Fsp3) is 0.562. The summed E-state index contributed by atoms with van der Waals surface area (Å²) in [4.78, 5) is 11.9. The van der Waals surface area contributed by atoms with Gasteiger partial charge in [0.1, 0.15) is 11.8 Å². The molecule has 4 nitrogen and oxygen atoms in total. The van der Waals surface area contributed by atoms with Crippen LogP contribution in [0.4, 0.5) is 5.69 Å². The Morgan fingerprint density at radius 1 is 1.25 bits per heavy atom. The average molecular weight is 278 g/mol. The third-order valence-electron chi connectivity index (χ3n) is 2.95. The van der Waals surface area contributed by atoms with Crippen molar-refractivity contribution in [1.29, 1.82) is 0 Å². The number of amides is 1. The third kappa shape index (κ3) is 5.51. The summed E-state index contributed by atoms with van der Waals surface area (Å²) in [6.07, 6.45) is 1.15. The van der Waals surface area contributed by atoms with Crippen LogP contribution in [0.5, 0.6) is 5.75 Å². The SMILES string of the molecule is CCC(C)Oc1cccc(NC(C)C(=O)NC(C)C)c1. The molecule has 1 rings (SSSR count). The molecule has 1 aromatic rings. The monoisotopic (exact) mass is 278 g/mol. The number of rotatable bonds is 7. The molecule has 0 bridgehead atoms. The summed E-state index contributed by atoms with van der Waals surface area (Å²) in [5.74, 6) is 0.814. The Kier molecular flexibility index (Phi) is 6.36. The minimum Gasteiger partial charge on any atom is -0.491 e. The Bertz CT molecular complexity index is 432. The van der Waals surface area contributed by atoms with Crippen molar-refractivity contribution in [1.82, 2.24) is 5.32 Å². The van der Waals surface area contributed by atoms with Crippen LogP contribution in [0.25, 0.3) is 0 Å². The summed E-state index contributed by atoms with van der Waals surface area (Å²) in [7, 11) is 0. The van der Waals surface area contributed by atoms with Crippen LogP contribution in [-0.4, -0.2) is 24.1 Å². The number of nitrogens with one attached hydrogen (secondary N) is 2. The molecule has 0 saturated heterocycles. The highest BCUT2D eigenvalue weighted by Crippen LogP contribution is 2.19. The average Bonchev–Trinajstić information content (AvgIpc) is 2.38. The van der Waals surface area contributed by atoms with Gasteiger partial charge in [-0.15, -0.1) is 0 Å². The first-order chi connectivity index (χ1) is 9.42. The summed E-state index contributed by atoms with van der Waals surface area (Å²) in [6.45, 7) is 9.88. The third-order valence-corrected chi connectivity index (χ3v) is 2.95. The first-order valence-electron chi connectivity index (χ1n) is 7.26. The minimum absolute atomic E-state index is 0.00625. The molecule has 0 aromatic heterocycles. The molecule has 112 valence electrons. The molecule has 0 aliphatic rings. The number of benzene rings is 1. The first kappa shape index (κ1) is 16.3. The van der Waals surface area contributed by atoms with Crippen LogP contribution in [0.15, 0.2) is 24.3 Å². The van der Waals surface area contributed by atoms with E-state index in [1.54, 1.807) is 0 Å². The van der Waals surface area contributed by atoms with E-state index in [1.807, 2.05) is 52.0 Å². The van der Waals surface area contributed by atoms with Crippen molar-refractivity contribution < 1.29 is 9.53 Å². The van der Waals surface area contributed by atoms with Crippen molar-refractivity contribution in [3.8, 4) is 5.75 Å². The van der Waals surface area contributed by atoms with Gasteiger partial charge in [0, 0.05) is 17.8 Å². The molecule has 0 heterocycles. The largest absolute Gasteiger partial charge is 0.491 e. The van der Waals surface area contributed by atoms with E-state index in [0.717, 1.165) is 17.9 Å². The summed E-state index contributed by atoms with van der Waals surface area (Å²) in [5, 5.41) is 6.07. The standard InChI is InChI=1S/C16H26N2O2/c1-6-12(4)20-15-9-7-8-14(10-15)18-13(5)16(19)17-11(2)3/h7-13,18H,6H2,1-5H3,(H,17,19). The van der Waals surface area contributed by atoms with Gasteiger partial charge in [-0.2, -0.15) is 0 Å². The summed E-state index contributed by atoms with van der Waals surface area (Å²) in [6, 6.07) is 7.57. The number of ether oxygens (including phenoxy) is 1. The van der Waals surface area contributed by atoms with Crippen LogP contribution in [0.3, 0.4) is 0 Å². The van der Waals surface area contributed by atoms with Crippen molar-refractivity contribution >= 4 is 11.6 Å². The van der Waals surface area contributed by atoms with E-state index < -0.39 is 0 Å². The van der Waals surface area contributed by atoms with Gasteiger partial charge in [-0.1, -0.05) is 13.0 Å². The van der Waals surface area contributed by atoms with Crippen LogP contribution in [-0.2, 0) is 4.79 Å². The number of carbonyl (C=O) groups is 1. The Hall–Kier alpha value is -1.71. The van der Waals surface area contributed by atoms with Gasteiger partial charge in [-0.05, 0) is 46.2 Å². The van der Waals surface area contributed by atoms with Crippen molar-refractivity contribution in [3.63, 3.8) is 0 Å². The predicted octanol–water partition coefficient (Wildman–Crippen LogP) is 3.19. The van der Waals surface area contributed by atoms with Crippen LogP contribution < -0.4 is 15.4 Å². The van der Waals surface area contributed by atoms with Gasteiger partial charge in [0.15, 0.2) is 0 Å². The molecule has 0 saturated carbocycles. The number of hydrogen-bond donors (Lipinski definition) is 2. The molecule has 1 amide bonds. The van der Waals surface area contributed by atoms with Crippen molar-refractivity contribution in [2.75, 3.05) is 5.32 Å². The van der Waals surface area contributed by atoms with Gasteiger partial charge >= 0.3 is 0 Å². The fourth-order valence-corrected chi connectivity index (χ4v) is 1.70. The molecule has 2 atom stereocenters. The van der Waals surface area contributed by atoms with Crippen LogP contribution >= 0.6 is 0 Å². The van der Waals surface area contributed by atoms with E-state index >= 15 is 0 Å². The Labute approximate surface area is 121 Å². The highest BCUT2D eigenvalue weighted by molar-refractivity contribution is 5.84. The Balaban J connectivity index is 2.63. The zero-order valence-corrected chi connectivity index (χ0v) is 13.1. The van der Waals surface area contributed by atoms with Crippen molar-refractivity contribution in [2.45, 2.75) is 59.2 Å². The summed E-state index contributed by atoms with van der Waals surface area (Å²) < 4.78 is 5.77. The molecule has 2 unspecified atom stereocenters. The van der Waals surface area contributed by atoms with Gasteiger partial charge < -0.3 is 15.4 Å². The van der Waals surface area contributed by atoms with Gasteiger partial charge in [-0.25, -0.2) is 0 Å². The molecule has 0 fully saturated rings. The van der Waals surface area contributed by atoms with E-state index in [0.29, 0.717) is 0 Å². The Morgan fingerprint density at radius 3 is 2.55 bits per heavy atom. The molecular formula is C16H26N2O2. The molecule has 0 radical (unpaired) electrons. The smallest absolute Gasteiger partial charge is 0.242 e. The quantitative estimate of drug-likeness (QED) is 0.805. The highest BCUT2D eigenvalue weighted by Gasteiger charge is 2.13. The second kappa shape index (κ2) is 7.78. The first-order valence-corrected chi connectivity index (χ1v) is 7.26. The van der Waals surface area contributed by atoms with Gasteiger partial charge in [0.05, 0.1) is 6.10 Å². The molecule has 4 heteroatoms. The molecule has 1 aromatic carbocycles. The fourth-order valence-electron chi connectivity index (χ4n) is 1.70. The van der Waals surface area contributed by atoms with E-state index in [2.05, 4.69) is 17.6 Å². The molecular weight excluding hydrogens is 252 g/mol. The lowest BCUT2D eigenvalue weighted by Crippen LogP contribution is -2.40. The van der Waals surface area contributed by atoms with Gasteiger partial charge in [0.25, 0.3) is 0 Å². The second-order valence-electron chi connectivity index (χ2n) is 5.39. The van der Waals surface area contributed by atoms with Crippen molar-refractivity contribution in [2.24, 2.45) is 0 Å². The van der Waals surface area contributed by atoms with E-state index in [-0.39, 0.29) is 24.1 Å². The maximum absolute atomic E-state index is 11.9. The normalized spacial score (nSPS) is 13.7. The molecule has 2 N–H and O–H groups in total. The predicted molar refractivity (Wildman–Crippen MR) is 83.2 cm³/mol. The molecule has 0 aliphatic heterocycles. The molecule has 20 heavy (non-hydrogen) atoms. The van der Waals surface area contributed by atoms with E-state index in [9.17, 15) is 4.79 Å². The zero-order valence-electron chi connectivity index (χ0n) is 13.1. The Morgan fingerprint density at radius 2 is 1.95 bits per heavy atom. The van der Waals surface area contributed by atoms with Crippen LogP contribution in [0, 0.1) is 0 Å². The lowest BCUT2D eigenvalue weighted by atomic mass is 10.2. The number of anilines is 1. The topological polar surface area (TPSA) is 50.4 Å². The van der Waals surface area contributed by atoms with Gasteiger partial charge in [0.2, 0.25) is 5.91 Å². The zero-order chi connectivity index (χ0) is 15.1.